The van der Waals surface area contributed by atoms with Gasteiger partial charge in [-0.15, -0.1) is 0 Å². The summed E-state index contributed by atoms with van der Waals surface area (Å²) in [6.45, 7) is 9.19. The van der Waals surface area contributed by atoms with Gasteiger partial charge in [-0.2, -0.15) is 4.98 Å². The van der Waals surface area contributed by atoms with Gasteiger partial charge in [-0.05, 0) is 80.5 Å². The number of benzene rings is 2. The molecule has 5 rings (SSSR count). The Morgan fingerprint density at radius 3 is 2.71 bits per heavy atom. The second-order valence-electron chi connectivity index (χ2n) is 11.2. The van der Waals surface area contributed by atoms with Crippen molar-refractivity contribution in [2.75, 3.05) is 13.7 Å². The molecular formula is C29H35N5O4. The van der Waals surface area contributed by atoms with Crippen LogP contribution in [-0.2, 0) is 24.3 Å². The van der Waals surface area contributed by atoms with E-state index in [1.165, 1.54) is 5.56 Å². The SMILES string of the molecule is COc1cccc(-c2ccc(CNC(=O)[C@H]3C[C@@H]3c3nc(C)no3)c3c2CCN(C(=O)NC(C)(C)C)C3)c1. The van der Waals surface area contributed by atoms with Gasteiger partial charge in [0.1, 0.15) is 5.75 Å². The number of aryl methyl sites for hydroxylation is 1. The lowest BCUT2D eigenvalue weighted by atomic mass is 9.87. The van der Waals surface area contributed by atoms with Gasteiger partial charge in [0.15, 0.2) is 5.82 Å². The van der Waals surface area contributed by atoms with E-state index >= 15 is 0 Å². The van der Waals surface area contributed by atoms with Crippen LogP contribution in [0.25, 0.3) is 11.1 Å². The Labute approximate surface area is 222 Å². The number of ether oxygens (including phenoxy) is 1. The summed E-state index contributed by atoms with van der Waals surface area (Å²) in [5.41, 5.74) is 5.17. The van der Waals surface area contributed by atoms with Crippen molar-refractivity contribution < 1.29 is 18.8 Å². The van der Waals surface area contributed by atoms with Crippen molar-refractivity contribution in [1.82, 2.24) is 25.7 Å². The molecule has 0 radical (unpaired) electrons. The highest BCUT2D eigenvalue weighted by atomic mass is 16.5. The second-order valence-corrected chi connectivity index (χ2v) is 11.2. The van der Waals surface area contributed by atoms with Crippen molar-refractivity contribution in [2.24, 2.45) is 5.92 Å². The molecule has 9 heteroatoms. The van der Waals surface area contributed by atoms with Crippen molar-refractivity contribution >= 4 is 11.9 Å². The maximum absolute atomic E-state index is 13.0. The quantitative estimate of drug-likeness (QED) is 0.503. The first-order chi connectivity index (χ1) is 18.1. The molecule has 2 aliphatic rings. The van der Waals surface area contributed by atoms with Crippen LogP contribution in [0, 0.1) is 12.8 Å². The molecule has 0 saturated heterocycles. The fourth-order valence-corrected chi connectivity index (χ4v) is 5.08. The van der Waals surface area contributed by atoms with Crippen molar-refractivity contribution in [3.05, 3.63) is 64.8 Å². The predicted molar refractivity (Wildman–Crippen MR) is 143 cm³/mol. The summed E-state index contributed by atoms with van der Waals surface area (Å²) in [6, 6.07) is 12.1. The van der Waals surface area contributed by atoms with E-state index in [2.05, 4.69) is 39.0 Å². The largest absolute Gasteiger partial charge is 0.497 e. The molecule has 2 aromatic carbocycles. The molecule has 2 N–H and O–H groups in total. The summed E-state index contributed by atoms with van der Waals surface area (Å²) in [4.78, 5) is 32.1. The van der Waals surface area contributed by atoms with Crippen molar-refractivity contribution in [3.63, 3.8) is 0 Å². The summed E-state index contributed by atoms with van der Waals surface area (Å²) in [5.74, 6) is 1.71. The fraction of sp³-hybridized carbons (Fsp3) is 0.448. The van der Waals surface area contributed by atoms with Crippen LogP contribution in [-0.4, -0.2) is 46.2 Å². The van der Waals surface area contributed by atoms with Crippen LogP contribution in [0.3, 0.4) is 0 Å². The fourth-order valence-electron chi connectivity index (χ4n) is 5.08. The molecular weight excluding hydrogens is 482 g/mol. The minimum Gasteiger partial charge on any atom is -0.497 e. The number of carbonyl (C=O) groups is 2. The highest BCUT2D eigenvalue weighted by Gasteiger charge is 2.47. The molecule has 0 unspecified atom stereocenters. The average Bonchev–Trinajstić information content (AvgIpc) is 3.58. The van der Waals surface area contributed by atoms with Crippen LogP contribution < -0.4 is 15.4 Å². The maximum Gasteiger partial charge on any atom is 0.318 e. The van der Waals surface area contributed by atoms with Crippen LogP contribution in [0.5, 0.6) is 5.75 Å². The molecule has 2 heterocycles. The van der Waals surface area contributed by atoms with Gasteiger partial charge in [-0.25, -0.2) is 4.79 Å². The first kappa shape index (κ1) is 25.8. The number of rotatable bonds is 6. The van der Waals surface area contributed by atoms with E-state index in [4.69, 9.17) is 9.26 Å². The Bertz CT molecular complexity index is 1360. The number of urea groups is 1. The number of nitrogens with zero attached hydrogens (tertiary/aromatic N) is 3. The predicted octanol–water partition coefficient (Wildman–Crippen LogP) is 4.34. The number of amides is 3. The van der Waals surface area contributed by atoms with Gasteiger partial charge in [0.05, 0.1) is 18.9 Å². The lowest BCUT2D eigenvalue weighted by molar-refractivity contribution is -0.122. The van der Waals surface area contributed by atoms with Crippen molar-refractivity contribution in [2.45, 2.75) is 65.1 Å². The van der Waals surface area contributed by atoms with E-state index in [9.17, 15) is 9.59 Å². The number of carbonyl (C=O) groups excluding carboxylic acids is 2. The second kappa shape index (κ2) is 10.1. The molecule has 2 atom stereocenters. The van der Waals surface area contributed by atoms with Gasteiger partial charge in [0.25, 0.3) is 0 Å². The molecule has 3 aromatic rings. The van der Waals surface area contributed by atoms with Gasteiger partial charge in [0, 0.05) is 25.2 Å². The zero-order valence-corrected chi connectivity index (χ0v) is 22.6. The zero-order valence-electron chi connectivity index (χ0n) is 22.6. The highest BCUT2D eigenvalue weighted by Crippen LogP contribution is 2.46. The van der Waals surface area contributed by atoms with E-state index in [0.29, 0.717) is 37.8 Å². The number of aromatic nitrogens is 2. The molecule has 0 spiro atoms. The normalized spacial score (nSPS) is 18.5. The van der Waals surface area contributed by atoms with E-state index in [0.717, 1.165) is 34.4 Å². The van der Waals surface area contributed by atoms with Crippen LogP contribution in [0.15, 0.2) is 40.9 Å². The number of hydrogen-bond donors (Lipinski definition) is 2. The Kier molecular flexibility index (Phi) is 6.86. The van der Waals surface area contributed by atoms with Gasteiger partial charge in [0.2, 0.25) is 11.8 Å². The third-order valence-corrected chi connectivity index (χ3v) is 7.10. The lowest BCUT2D eigenvalue weighted by Crippen LogP contribution is -2.50. The summed E-state index contributed by atoms with van der Waals surface area (Å²) in [6.07, 6.45) is 1.43. The van der Waals surface area contributed by atoms with Gasteiger partial charge in [-0.1, -0.05) is 29.4 Å². The summed E-state index contributed by atoms with van der Waals surface area (Å²) < 4.78 is 10.7. The molecule has 1 saturated carbocycles. The summed E-state index contributed by atoms with van der Waals surface area (Å²) >= 11 is 0. The van der Waals surface area contributed by atoms with E-state index < -0.39 is 0 Å². The molecule has 1 aromatic heterocycles. The minimum atomic E-state index is -0.325. The number of methoxy groups -OCH3 is 1. The van der Waals surface area contributed by atoms with E-state index in [1.807, 2.05) is 43.9 Å². The molecule has 200 valence electrons. The van der Waals surface area contributed by atoms with Gasteiger partial charge >= 0.3 is 6.03 Å². The number of nitrogens with one attached hydrogen (secondary N) is 2. The Morgan fingerprint density at radius 2 is 2.00 bits per heavy atom. The molecule has 9 nitrogen and oxygen atoms in total. The maximum atomic E-state index is 13.0. The van der Waals surface area contributed by atoms with E-state index in [1.54, 1.807) is 14.0 Å². The molecule has 0 bridgehead atoms. The number of hydrogen-bond acceptors (Lipinski definition) is 6. The van der Waals surface area contributed by atoms with Gasteiger partial charge in [-0.3, -0.25) is 4.79 Å². The standard InChI is InChI=1S/C29H35N5O4/c1-17-31-27(38-33-17)24-14-23(24)26(35)30-15-19-9-10-21(18-7-6-8-20(13-18)37-5)22-11-12-34(16-25(19)22)28(36)32-29(2,3)4/h6-10,13,23-24H,11-12,14-16H2,1-5H3,(H,30,35)(H,32,36)/t23-,24-/m0/s1. The molecule has 3 amide bonds. The Balaban J connectivity index is 1.38. The van der Waals surface area contributed by atoms with Crippen LogP contribution in [0.4, 0.5) is 4.79 Å². The average molecular weight is 518 g/mol. The first-order valence-corrected chi connectivity index (χ1v) is 13.1. The topological polar surface area (TPSA) is 110 Å². The zero-order chi connectivity index (χ0) is 27.0. The third kappa shape index (κ3) is 5.51. The van der Waals surface area contributed by atoms with E-state index in [-0.39, 0.29) is 29.3 Å². The molecule has 1 aliphatic heterocycles. The first-order valence-electron chi connectivity index (χ1n) is 13.1. The highest BCUT2D eigenvalue weighted by molar-refractivity contribution is 5.83. The van der Waals surface area contributed by atoms with Crippen molar-refractivity contribution in [3.8, 4) is 16.9 Å². The number of fused-ring (bicyclic) bond motifs is 1. The van der Waals surface area contributed by atoms with Crippen LogP contribution >= 0.6 is 0 Å². The van der Waals surface area contributed by atoms with Crippen LogP contribution in [0.1, 0.15) is 61.5 Å². The van der Waals surface area contributed by atoms with Crippen molar-refractivity contribution in [1.29, 1.82) is 0 Å². The van der Waals surface area contributed by atoms with Gasteiger partial charge < -0.3 is 24.8 Å². The molecule has 38 heavy (non-hydrogen) atoms. The summed E-state index contributed by atoms with van der Waals surface area (Å²) in [7, 11) is 1.66. The molecule has 1 aliphatic carbocycles. The third-order valence-electron chi connectivity index (χ3n) is 7.10. The monoisotopic (exact) mass is 517 g/mol. The Morgan fingerprint density at radius 1 is 1.18 bits per heavy atom. The summed E-state index contributed by atoms with van der Waals surface area (Å²) in [5, 5.41) is 10.0. The lowest BCUT2D eigenvalue weighted by Gasteiger charge is -2.34. The smallest absolute Gasteiger partial charge is 0.318 e. The Hall–Kier alpha value is -3.88. The minimum absolute atomic E-state index is 0.0165. The van der Waals surface area contributed by atoms with Crippen LogP contribution in [0.2, 0.25) is 0 Å². The molecule has 1 fully saturated rings.